The summed E-state index contributed by atoms with van der Waals surface area (Å²) in [6.45, 7) is 7.12. The van der Waals surface area contributed by atoms with Crippen LogP contribution in [0.25, 0.3) is 10.8 Å². The molecule has 31 heavy (non-hydrogen) atoms. The van der Waals surface area contributed by atoms with E-state index in [-0.39, 0.29) is 0 Å². The third-order valence-electron chi connectivity index (χ3n) is 5.86. The highest BCUT2D eigenvalue weighted by Gasteiger charge is 2.30. The van der Waals surface area contributed by atoms with Crippen LogP contribution in [0.15, 0.2) is 65.6 Å². The minimum atomic E-state index is -3.59. The summed E-state index contributed by atoms with van der Waals surface area (Å²) in [6.07, 6.45) is 2.03. The normalized spacial score (nSPS) is 15.4. The van der Waals surface area contributed by atoms with Gasteiger partial charge in [0.15, 0.2) is 0 Å². The van der Waals surface area contributed by atoms with Gasteiger partial charge in [-0.3, -0.25) is 0 Å². The maximum absolute atomic E-state index is 13.5. The summed E-state index contributed by atoms with van der Waals surface area (Å²) < 4.78 is 34.6. The van der Waals surface area contributed by atoms with Gasteiger partial charge in [0, 0.05) is 42.6 Å². The number of benzene rings is 3. The lowest BCUT2D eigenvalue weighted by Crippen LogP contribution is -2.48. The zero-order valence-corrected chi connectivity index (χ0v) is 19.1. The number of piperazine rings is 1. The van der Waals surface area contributed by atoms with Crippen molar-refractivity contribution < 1.29 is 13.2 Å². The van der Waals surface area contributed by atoms with Crippen LogP contribution in [0.3, 0.4) is 0 Å². The third-order valence-corrected chi connectivity index (χ3v) is 7.81. The monoisotopic (exact) mass is 438 g/mol. The van der Waals surface area contributed by atoms with E-state index in [1.807, 2.05) is 24.3 Å². The lowest BCUT2D eigenvalue weighted by atomic mass is 10.1. The molecule has 6 heteroatoms. The van der Waals surface area contributed by atoms with Gasteiger partial charge in [-0.25, -0.2) is 8.42 Å². The van der Waals surface area contributed by atoms with Crippen LogP contribution in [0, 0.1) is 6.92 Å². The molecular formula is C25H30N2O3S. The second-order valence-electron chi connectivity index (χ2n) is 8.04. The molecule has 0 atom stereocenters. The largest absolute Gasteiger partial charge is 0.493 e. The second-order valence-corrected chi connectivity index (χ2v) is 9.94. The summed E-state index contributed by atoms with van der Waals surface area (Å²) in [5.41, 5.74) is 2.36. The van der Waals surface area contributed by atoms with E-state index >= 15 is 0 Å². The van der Waals surface area contributed by atoms with Gasteiger partial charge < -0.3 is 9.64 Å². The van der Waals surface area contributed by atoms with Crippen LogP contribution in [0.1, 0.15) is 25.3 Å². The number of hydrogen-bond donors (Lipinski definition) is 0. The molecule has 1 saturated heterocycles. The quantitative estimate of drug-likeness (QED) is 0.496. The molecule has 5 nitrogen and oxygen atoms in total. The van der Waals surface area contributed by atoms with Crippen molar-refractivity contribution in [1.82, 2.24) is 4.31 Å². The first-order valence-electron chi connectivity index (χ1n) is 11.0. The lowest BCUT2D eigenvalue weighted by Gasteiger charge is -2.35. The lowest BCUT2D eigenvalue weighted by molar-refractivity contribution is 0.313. The molecule has 164 valence electrons. The Morgan fingerprint density at radius 2 is 1.55 bits per heavy atom. The highest BCUT2D eigenvalue weighted by atomic mass is 32.2. The SMILES string of the molecule is CCCCOc1ccc(S(=O)(=O)N2CCN(c3ccc(C)cc3)CC2)c2ccccc12. The third kappa shape index (κ3) is 4.55. The van der Waals surface area contributed by atoms with Crippen LogP contribution < -0.4 is 9.64 Å². The van der Waals surface area contributed by atoms with E-state index in [0.29, 0.717) is 37.7 Å². The molecule has 0 unspecified atom stereocenters. The van der Waals surface area contributed by atoms with Crippen LogP contribution in [0.2, 0.25) is 0 Å². The number of sulfonamides is 1. The molecule has 0 radical (unpaired) electrons. The highest BCUT2D eigenvalue weighted by Crippen LogP contribution is 2.33. The number of unbranched alkanes of at least 4 members (excludes halogenated alkanes) is 1. The zero-order valence-electron chi connectivity index (χ0n) is 18.3. The molecule has 1 aliphatic rings. The van der Waals surface area contributed by atoms with E-state index < -0.39 is 10.0 Å². The van der Waals surface area contributed by atoms with Gasteiger partial charge >= 0.3 is 0 Å². The fraction of sp³-hybridized carbons (Fsp3) is 0.360. The standard InChI is InChI=1S/C25H30N2O3S/c1-3-4-19-30-24-13-14-25(23-8-6-5-7-22(23)24)31(28,29)27-17-15-26(16-18-27)21-11-9-20(2)10-12-21/h5-14H,3-4,15-19H2,1-2H3. The number of aryl methyl sites for hydroxylation is 1. The van der Waals surface area contributed by atoms with Crippen LogP contribution in [-0.2, 0) is 10.0 Å². The Hall–Kier alpha value is -2.57. The zero-order chi connectivity index (χ0) is 21.8. The molecule has 0 bridgehead atoms. The number of ether oxygens (including phenoxy) is 1. The first-order chi connectivity index (χ1) is 15.0. The number of rotatable bonds is 7. The molecule has 3 aromatic carbocycles. The van der Waals surface area contributed by atoms with Crippen LogP contribution in [0.4, 0.5) is 5.69 Å². The molecule has 3 aromatic rings. The van der Waals surface area contributed by atoms with Crippen LogP contribution in [-0.4, -0.2) is 45.5 Å². The fourth-order valence-electron chi connectivity index (χ4n) is 4.00. The summed E-state index contributed by atoms with van der Waals surface area (Å²) in [5.74, 6) is 0.743. The van der Waals surface area contributed by atoms with E-state index in [9.17, 15) is 8.42 Å². The molecule has 0 spiro atoms. The maximum Gasteiger partial charge on any atom is 0.243 e. The van der Waals surface area contributed by atoms with Gasteiger partial charge in [0.05, 0.1) is 11.5 Å². The Morgan fingerprint density at radius 1 is 0.871 bits per heavy atom. The first kappa shape index (κ1) is 21.7. The summed E-state index contributed by atoms with van der Waals surface area (Å²) in [7, 11) is -3.59. The Balaban J connectivity index is 1.56. The smallest absolute Gasteiger partial charge is 0.243 e. The van der Waals surface area contributed by atoms with Crippen molar-refractivity contribution in [2.24, 2.45) is 0 Å². The molecule has 0 saturated carbocycles. The van der Waals surface area contributed by atoms with E-state index in [1.54, 1.807) is 16.4 Å². The Morgan fingerprint density at radius 3 is 2.23 bits per heavy atom. The van der Waals surface area contributed by atoms with Gasteiger partial charge in [-0.15, -0.1) is 0 Å². The van der Waals surface area contributed by atoms with Crippen molar-refractivity contribution >= 4 is 26.5 Å². The Bertz CT molecular complexity index is 1140. The minimum Gasteiger partial charge on any atom is -0.493 e. The molecular weight excluding hydrogens is 408 g/mol. The molecule has 0 N–H and O–H groups in total. The van der Waals surface area contributed by atoms with Gasteiger partial charge in [-0.2, -0.15) is 4.31 Å². The first-order valence-corrected chi connectivity index (χ1v) is 12.4. The summed E-state index contributed by atoms with van der Waals surface area (Å²) in [6, 6.07) is 19.5. The van der Waals surface area contributed by atoms with E-state index in [1.165, 1.54) is 5.56 Å². The van der Waals surface area contributed by atoms with Crippen molar-refractivity contribution in [3.8, 4) is 5.75 Å². The fourth-order valence-corrected chi connectivity index (χ4v) is 5.62. The average molecular weight is 439 g/mol. The van der Waals surface area contributed by atoms with Crippen molar-refractivity contribution in [2.75, 3.05) is 37.7 Å². The molecule has 1 aliphatic heterocycles. The number of nitrogens with zero attached hydrogens (tertiary/aromatic N) is 2. The van der Waals surface area contributed by atoms with Crippen LogP contribution in [0.5, 0.6) is 5.75 Å². The van der Waals surface area contributed by atoms with E-state index in [2.05, 4.69) is 43.0 Å². The molecule has 0 amide bonds. The van der Waals surface area contributed by atoms with Gasteiger partial charge in [0.25, 0.3) is 0 Å². The predicted octanol–water partition coefficient (Wildman–Crippen LogP) is 4.84. The molecule has 1 fully saturated rings. The average Bonchev–Trinajstić information content (AvgIpc) is 2.80. The molecule has 0 aliphatic carbocycles. The highest BCUT2D eigenvalue weighted by molar-refractivity contribution is 7.89. The summed E-state index contributed by atoms with van der Waals surface area (Å²) in [4.78, 5) is 2.60. The van der Waals surface area contributed by atoms with Crippen molar-refractivity contribution in [2.45, 2.75) is 31.6 Å². The minimum absolute atomic E-state index is 0.356. The van der Waals surface area contributed by atoms with Crippen molar-refractivity contribution in [3.63, 3.8) is 0 Å². The Kier molecular flexibility index (Phi) is 6.49. The van der Waals surface area contributed by atoms with E-state index in [0.717, 1.165) is 35.1 Å². The van der Waals surface area contributed by atoms with Crippen molar-refractivity contribution in [1.29, 1.82) is 0 Å². The molecule has 1 heterocycles. The number of hydrogen-bond acceptors (Lipinski definition) is 4. The number of anilines is 1. The topological polar surface area (TPSA) is 49.9 Å². The van der Waals surface area contributed by atoms with Gasteiger partial charge in [-0.05, 0) is 37.6 Å². The van der Waals surface area contributed by atoms with E-state index in [4.69, 9.17) is 4.74 Å². The van der Waals surface area contributed by atoms with Gasteiger partial charge in [-0.1, -0.05) is 55.3 Å². The molecule has 4 rings (SSSR count). The second kappa shape index (κ2) is 9.28. The maximum atomic E-state index is 13.5. The van der Waals surface area contributed by atoms with Crippen LogP contribution >= 0.6 is 0 Å². The summed E-state index contributed by atoms with van der Waals surface area (Å²) >= 11 is 0. The van der Waals surface area contributed by atoms with Gasteiger partial charge in [0.2, 0.25) is 10.0 Å². The Labute approximate surface area is 185 Å². The van der Waals surface area contributed by atoms with Crippen molar-refractivity contribution in [3.05, 3.63) is 66.2 Å². The van der Waals surface area contributed by atoms with Gasteiger partial charge in [0.1, 0.15) is 5.75 Å². The summed E-state index contributed by atoms with van der Waals surface area (Å²) in [5, 5.41) is 1.57. The molecule has 0 aromatic heterocycles. The number of fused-ring (bicyclic) bond motifs is 1. The predicted molar refractivity (Wildman–Crippen MR) is 127 cm³/mol.